The van der Waals surface area contributed by atoms with Crippen LogP contribution in [0.2, 0.25) is 0 Å². The van der Waals surface area contributed by atoms with Gasteiger partial charge in [-0.25, -0.2) is 0 Å². The molecule has 5 nitrogen and oxygen atoms in total. The highest BCUT2D eigenvalue weighted by atomic mass is 16.1. The lowest BCUT2D eigenvalue weighted by atomic mass is 9.67. The third-order valence-corrected chi connectivity index (χ3v) is 4.82. The summed E-state index contributed by atoms with van der Waals surface area (Å²) in [7, 11) is 0. The summed E-state index contributed by atoms with van der Waals surface area (Å²) in [6.07, 6.45) is 7.12. The number of hydrogen-bond acceptors (Lipinski definition) is 3. The van der Waals surface area contributed by atoms with Gasteiger partial charge in [0.1, 0.15) is 0 Å². The summed E-state index contributed by atoms with van der Waals surface area (Å²) in [4.78, 5) is 12.2. The highest BCUT2D eigenvalue weighted by molar-refractivity contribution is 5.97. The summed E-state index contributed by atoms with van der Waals surface area (Å²) < 4.78 is 0. The molecule has 0 aromatic carbocycles. The Bertz CT molecular complexity index is 480. The monoisotopic (exact) mass is 262 g/mol. The number of aromatic amines is 1. The van der Waals surface area contributed by atoms with Crippen LogP contribution < -0.4 is 11.1 Å². The predicted octanol–water partition coefficient (Wildman–Crippen LogP) is 2.18. The molecule has 4 N–H and O–H groups in total. The van der Waals surface area contributed by atoms with Crippen LogP contribution in [0.1, 0.15) is 67.5 Å². The molecule has 104 valence electrons. The maximum absolute atomic E-state index is 12.2. The Morgan fingerprint density at radius 3 is 2.79 bits per heavy atom. The number of nitrogen functional groups attached to an aromatic ring is 1. The topological polar surface area (TPSA) is 83.8 Å². The molecule has 2 aliphatic carbocycles. The number of H-pyrrole nitrogens is 1. The first-order valence-corrected chi connectivity index (χ1v) is 7.27. The SMILES string of the molecule is CCC1(CNC(=O)c2n[nH]c(C3CC3)c2N)CCC1. The van der Waals surface area contributed by atoms with E-state index in [4.69, 9.17) is 5.73 Å². The molecule has 0 unspecified atom stereocenters. The maximum Gasteiger partial charge on any atom is 0.273 e. The first-order chi connectivity index (χ1) is 9.15. The zero-order chi connectivity index (χ0) is 13.5. The van der Waals surface area contributed by atoms with Gasteiger partial charge in [-0.2, -0.15) is 5.10 Å². The van der Waals surface area contributed by atoms with Crippen molar-refractivity contribution in [1.82, 2.24) is 15.5 Å². The summed E-state index contributed by atoms with van der Waals surface area (Å²) in [6.45, 7) is 2.94. The maximum atomic E-state index is 12.2. The Morgan fingerprint density at radius 1 is 1.53 bits per heavy atom. The van der Waals surface area contributed by atoms with Gasteiger partial charge in [0.15, 0.2) is 5.69 Å². The summed E-state index contributed by atoms with van der Waals surface area (Å²) >= 11 is 0. The van der Waals surface area contributed by atoms with Crippen LogP contribution in [-0.2, 0) is 0 Å². The first-order valence-electron chi connectivity index (χ1n) is 7.27. The van der Waals surface area contributed by atoms with Crippen molar-refractivity contribution in [2.24, 2.45) is 5.41 Å². The van der Waals surface area contributed by atoms with E-state index in [-0.39, 0.29) is 5.91 Å². The van der Waals surface area contributed by atoms with Crippen LogP contribution >= 0.6 is 0 Å². The second-order valence-electron chi connectivity index (χ2n) is 6.06. The molecule has 2 fully saturated rings. The van der Waals surface area contributed by atoms with Gasteiger partial charge in [0.25, 0.3) is 5.91 Å². The summed E-state index contributed by atoms with van der Waals surface area (Å²) in [6, 6.07) is 0. The van der Waals surface area contributed by atoms with Gasteiger partial charge < -0.3 is 11.1 Å². The number of nitrogens with one attached hydrogen (secondary N) is 2. The van der Waals surface area contributed by atoms with Crippen molar-refractivity contribution in [3.63, 3.8) is 0 Å². The van der Waals surface area contributed by atoms with E-state index in [0.717, 1.165) is 31.5 Å². The summed E-state index contributed by atoms with van der Waals surface area (Å²) in [5.74, 6) is 0.350. The van der Waals surface area contributed by atoms with Gasteiger partial charge >= 0.3 is 0 Å². The van der Waals surface area contributed by atoms with Crippen LogP contribution in [0.3, 0.4) is 0 Å². The quantitative estimate of drug-likeness (QED) is 0.760. The van der Waals surface area contributed by atoms with E-state index in [9.17, 15) is 4.79 Å². The minimum atomic E-state index is -0.139. The standard InChI is InChI=1S/C14H22N4O/c1-2-14(6-3-7-14)8-16-13(19)12-10(15)11(17-18-12)9-4-5-9/h9H,2-8,15H2,1H3,(H,16,19)(H,17,18). The number of anilines is 1. The van der Waals surface area contributed by atoms with Crippen LogP contribution in [0.5, 0.6) is 0 Å². The molecule has 3 rings (SSSR count). The molecule has 0 bridgehead atoms. The second kappa shape index (κ2) is 4.54. The highest BCUT2D eigenvalue weighted by Gasteiger charge is 2.36. The molecule has 0 spiro atoms. The Labute approximate surface area is 113 Å². The van der Waals surface area contributed by atoms with Gasteiger partial charge in [0, 0.05) is 12.5 Å². The molecule has 0 aliphatic heterocycles. The number of aromatic nitrogens is 2. The van der Waals surface area contributed by atoms with Gasteiger partial charge in [0.05, 0.1) is 11.4 Å². The van der Waals surface area contributed by atoms with E-state index >= 15 is 0 Å². The molecule has 0 atom stereocenters. The molecule has 1 heterocycles. The third-order valence-electron chi connectivity index (χ3n) is 4.82. The minimum absolute atomic E-state index is 0.139. The fraction of sp³-hybridized carbons (Fsp3) is 0.714. The van der Waals surface area contributed by atoms with Crippen molar-refractivity contribution in [2.75, 3.05) is 12.3 Å². The van der Waals surface area contributed by atoms with Gasteiger partial charge in [-0.3, -0.25) is 9.89 Å². The van der Waals surface area contributed by atoms with Crippen LogP contribution in [0.4, 0.5) is 5.69 Å². The zero-order valence-electron chi connectivity index (χ0n) is 11.5. The Morgan fingerprint density at radius 2 is 2.26 bits per heavy atom. The lowest BCUT2D eigenvalue weighted by molar-refractivity contribution is 0.0846. The normalized spacial score (nSPS) is 20.9. The fourth-order valence-electron chi connectivity index (χ4n) is 2.90. The molecule has 1 amide bonds. The number of nitrogens with two attached hydrogens (primary N) is 1. The Balaban J connectivity index is 1.63. The molecule has 1 aromatic rings. The fourth-order valence-corrected chi connectivity index (χ4v) is 2.90. The second-order valence-corrected chi connectivity index (χ2v) is 6.06. The highest BCUT2D eigenvalue weighted by Crippen LogP contribution is 2.43. The Hall–Kier alpha value is -1.52. The number of amides is 1. The van der Waals surface area contributed by atoms with Crippen LogP contribution in [-0.4, -0.2) is 22.6 Å². The van der Waals surface area contributed by atoms with Crippen molar-refractivity contribution in [3.8, 4) is 0 Å². The van der Waals surface area contributed by atoms with Gasteiger partial charge in [0.2, 0.25) is 0 Å². The number of carbonyl (C=O) groups is 1. The van der Waals surface area contributed by atoms with E-state index in [1.54, 1.807) is 0 Å². The van der Waals surface area contributed by atoms with E-state index in [1.807, 2.05) is 0 Å². The minimum Gasteiger partial charge on any atom is -0.395 e. The summed E-state index contributed by atoms with van der Waals surface area (Å²) in [5.41, 5.74) is 8.18. The van der Waals surface area contributed by atoms with Crippen LogP contribution in [0, 0.1) is 5.41 Å². The largest absolute Gasteiger partial charge is 0.395 e. The molecular formula is C14H22N4O. The number of nitrogens with zero attached hydrogens (tertiary/aromatic N) is 1. The van der Waals surface area contributed by atoms with E-state index in [0.29, 0.717) is 22.7 Å². The van der Waals surface area contributed by atoms with Crippen molar-refractivity contribution >= 4 is 11.6 Å². The molecular weight excluding hydrogens is 240 g/mol. The molecule has 2 saturated carbocycles. The van der Waals surface area contributed by atoms with E-state index < -0.39 is 0 Å². The van der Waals surface area contributed by atoms with Gasteiger partial charge in [-0.1, -0.05) is 13.3 Å². The van der Waals surface area contributed by atoms with Crippen molar-refractivity contribution in [1.29, 1.82) is 0 Å². The number of carbonyl (C=O) groups excluding carboxylic acids is 1. The lowest BCUT2D eigenvalue weighted by Gasteiger charge is -2.41. The van der Waals surface area contributed by atoms with Crippen molar-refractivity contribution in [2.45, 2.75) is 51.4 Å². The molecule has 19 heavy (non-hydrogen) atoms. The summed E-state index contributed by atoms with van der Waals surface area (Å²) in [5, 5.41) is 10.0. The third kappa shape index (κ3) is 2.22. The lowest BCUT2D eigenvalue weighted by Crippen LogP contribution is -2.41. The van der Waals surface area contributed by atoms with Crippen molar-refractivity contribution < 1.29 is 4.79 Å². The van der Waals surface area contributed by atoms with E-state index in [1.165, 1.54) is 19.3 Å². The molecule has 2 aliphatic rings. The smallest absolute Gasteiger partial charge is 0.273 e. The zero-order valence-corrected chi connectivity index (χ0v) is 11.5. The molecule has 1 aromatic heterocycles. The average Bonchev–Trinajstić information content (AvgIpc) is 3.12. The first kappa shape index (κ1) is 12.5. The van der Waals surface area contributed by atoms with Crippen LogP contribution in [0.15, 0.2) is 0 Å². The predicted molar refractivity (Wildman–Crippen MR) is 73.9 cm³/mol. The number of rotatable bonds is 5. The van der Waals surface area contributed by atoms with Gasteiger partial charge in [-0.15, -0.1) is 0 Å². The average molecular weight is 262 g/mol. The molecule has 5 heteroatoms. The van der Waals surface area contributed by atoms with Gasteiger partial charge in [-0.05, 0) is 37.5 Å². The Kier molecular flexibility index (Phi) is 2.99. The molecule has 0 saturated heterocycles. The molecule has 0 radical (unpaired) electrons. The van der Waals surface area contributed by atoms with E-state index in [2.05, 4.69) is 22.4 Å². The van der Waals surface area contributed by atoms with Crippen molar-refractivity contribution in [3.05, 3.63) is 11.4 Å². The number of hydrogen-bond donors (Lipinski definition) is 3. The van der Waals surface area contributed by atoms with Crippen LogP contribution in [0.25, 0.3) is 0 Å².